The van der Waals surface area contributed by atoms with E-state index in [1.165, 1.54) is 31.4 Å². The molecule has 0 amide bonds. The van der Waals surface area contributed by atoms with Gasteiger partial charge in [0.2, 0.25) is 0 Å². The van der Waals surface area contributed by atoms with Crippen molar-refractivity contribution in [1.82, 2.24) is 0 Å². The molecule has 0 aliphatic heterocycles. The average Bonchev–Trinajstić information content (AvgIpc) is 2.96. The van der Waals surface area contributed by atoms with Crippen molar-refractivity contribution in [3.05, 3.63) is 30.1 Å². The number of hydrogen-bond donors (Lipinski definition) is 0. The Balaban J connectivity index is 1.68. The smallest absolute Gasteiger partial charge is 0.126 e. The molecule has 0 saturated heterocycles. The molecule has 0 atom stereocenters. The van der Waals surface area contributed by atoms with Gasteiger partial charge in [-0.3, -0.25) is 0 Å². The summed E-state index contributed by atoms with van der Waals surface area (Å²) in [5.74, 6) is 1.36. The van der Waals surface area contributed by atoms with Crippen molar-refractivity contribution in [1.29, 1.82) is 0 Å². The van der Waals surface area contributed by atoms with E-state index in [0.717, 1.165) is 12.3 Å². The molecule has 0 aromatic heterocycles. The van der Waals surface area contributed by atoms with Gasteiger partial charge in [0, 0.05) is 6.07 Å². The van der Waals surface area contributed by atoms with Crippen LogP contribution in [-0.4, -0.2) is 6.61 Å². The largest absolute Gasteiger partial charge is 0.493 e. The highest BCUT2D eigenvalue weighted by atomic mass is 19.1. The second-order valence-electron chi connectivity index (χ2n) is 3.89. The average molecular weight is 194 g/mol. The van der Waals surface area contributed by atoms with Crippen LogP contribution in [0.15, 0.2) is 24.3 Å². The van der Waals surface area contributed by atoms with Gasteiger partial charge in [-0.05, 0) is 30.9 Å². The van der Waals surface area contributed by atoms with E-state index >= 15 is 0 Å². The Labute approximate surface area is 83.9 Å². The predicted octanol–water partition coefficient (Wildman–Crippen LogP) is 3.39. The molecule has 2 heteroatoms. The minimum absolute atomic E-state index is 0.232. The molecule has 0 spiro atoms. The fraction of sp³-hybridized carbons (Fsp3) is 0.500. The Kier molecular flexibility index (Phi) is 3.02. The van der Waals surface area contributed by atoms with Crippen molar-refractivity contribution in [2.75, 3.05) is 6.61 Å². The molecule has 1 aromatic carbocycles. The molecule has 0 unspecified atom stereocenters. The standard InChI is InChI=1S/C12H15FO/c13-11-4-1-5-12(9-11)14-8-2-3-10-6-7-10/h1,4-5,9-10H,2-3,6-8H2. The van der Waals surface area contributed by atoms with E-state index in [-0.39, 0.29) is 5.82 Å². The summed E-state index contributed by atoms with van der Waals surface area (Å²) >= 11 is 0. The molecule has 1 saturated carbocycles. The molecule has 0 heterocycles. The van der Waals surface area contributed by atoms with Gasteiger partial charge in [-0.1, -0.05) is 18.9 Å². The van der Waals surface area contributed by atoms with Crippen LogP contribution in [0.4, 0.5) is 4.39 Å². The fourth-order valence-corrected chi connectivity index (χ4v) is 1.53. The molecule has 1 aromatic rings. The van der Waals surface area contributed by atoms with Crippen LogP contribution in [0.1, 0.15) is 25.7 Å². The summed E-state index contributed by atoms with van der Waals surface area (Å²) in [5, 5.41) is 0. The van der Waals surface area contributed by atoms with Gasteiger partial charge in [0.05, 0.1) is 6.61 Å². The second-order valence-corrected chi connectivity index (χ2v) is 3.89. The van der Waals surface area contributed by atoms with Crippen molar-refractivity contribution in [2.24, 2.45) is 5.92 Å². The molecule has 0 N–H and O–H groups in total. The lowest BCUT2D eigenvalue weighted by Crippen LogP contribution is -1.97. The molecule has 2 rings (SSSR count). The topological polar surface area (TPSA) is 9.23 Å². The molecule has 1 nitrogen and oxygen atoms in total. The van der Waals surface area contributed by atoms with E-state index in [0.29, 0.717) is 12.4 Å². The summed E-state index contributed by atoms with van der Waals surface area (Å²) in [6.45, 7) is 0.708. The summed E-state index contributed by atoms with van der Waals surface area (Å²) < 4.78 is 18.2. The first-order valence-electron chi connectivity index (χ1n) is 5.23. The maximum absolute atomic E-state index is 12.7. The molecular weight excluding hydrogens is 179 g/mol. The van der Waals surface area contributed by atoms with Crippen LogP contribution in [0.5, 0.6) is 5.75 Å². The van der Waals surface area contributed by atoms with E-state index in [4.69, 9.17) is 4.74 Å². The highest BCUT2D eigenvalue weighted by molar-refractivity contribution is 5.22. The highest BCUT2D eigenvalue weighted by Crippen LogP contribution is 2.33. The monoisotopic (exact) mass is 194 g/mol. The Morgan fingerprint density at radius 3 is 2.93 bits per heavy atom. The van der Waals surface area contributed by atoms with Crippen molar-refractivity contribution < 1.29 is 9.13 Å². The zero-order valence-electron chi connectivity index (χ0n) is 8.21. The second kappa shape index (κ2) is 4.45. The van der Waals surface area contributed by atoms with Crippen LogP contribution in [0.25, 0.3) is 0 Å². The van der Waals surface area contributed by atoms with Gasteiger partial charge in [-0.2, -0.15) is 0 Å². The lowest BCUT2D eigenvalue weighted by atomic mass is 10.2. The zero-order chi connectivity index (χ0) is 9.80. The van der Waals surface area contributed by atoms with Crippen LogP contribution < -0.4 is 4.74 Å². The summed E-state index contributed by atoms with van der Waals surface area (Å²) in [6.07, 6.45) is 5.12. The fourth-order valence-electron chi connectivity index (χ4n) is 1.53. The maximum Gasteiger partial charge on any atom is 0.126 e. The molecule has 1 fully saturated rings. The normalized spacial score (nSPS) is 15.5. The third-order valence-corrected chi connectivity index (χ3v) is 2.52. The Morgan fingerprint density at radius 2 is 2.21 bits per heavy atom. The molecule has 14 heavy (non-hydrogen) atoms. The summed E-state index contributed by atoms with van der Waals surface area (Å²) in [4.78, 5) is 0. The Hall–Kier alpha value is -1.05. The van der Waals surface area contributed by atoms with Crippen molar-refractivity contribution in [2.45, 2.75) is 25.7 Å². The first-order chi connectivity index (χ1) is 6.84. The van der Waals surface area contributed by atoms with Gasteiger partial charge in [-0.25, -0.2) is 4.39 Å². The summed E-state index contributed by atoms with van der Waals surface area (Å²) in [6, 6.07) is 6.32. The lowest BCUT2D eigenvalue weighted by Gasteiger charge is -2.05. The zero-order valence-corrected chi connectivity index (χ0v) is 8.21. The molecular formula is C12H15FO. The Bertz CT molecular complexity index is 294. The number of rotatable bonds is 5. The highest BCUT2D eigenvalue weighted by Gasteiger charge is 2.20. The first-order valence-corrected chi connectivity index (χ1v) is 5.23. The van der Waals surface area contributed by atoms with Crippen LogP contribution in [0.2, 0.25) is 0 Å². The minimum Gasteiger partial charge on any atom is -0.493 e. The van der Waals surface area contributed by atoms with Crippen LogP contribution in [0, 0.1) is 11.7 Å². The van der Waals surface area contributed by atoms with E-state index in [1.807, 2.05) is 0 Å². The molecule has 76 valence electrons. The van der Waals surface area contributed by atoms with Crippen molar-refractivity contribution in [3.63, 3.8) is 0 Å². The Morgan fingerprint density at radius 1 is 1.36 bits per heavy atom. The summed E-state index contributed by atoms with van der Waals surface area (Å²) in [5.41, 5.74) is 0. The van der Waals surface area contributed by atoms with Crippen LogP contribution in [0.3, 0.4) is 0 Å². The quantitative estimate of drug-likeness (QED) is 0.653. The minimum atomic E-state index is -0.232. The van der Waals surface area contributed by atoms with E-state index < -0.39 is 0 Å². The van der Waals surface area contributed by atoms with Gasteiger partial charge in [-0.15, -0.1) is 0 Å². The van der Waals surface area contributed by atoms with E-state index in [1.54, 1.807) is 12.1 Å². The lowest BCUT2D eigenvalue weighted by molar-refractivity contribution is 0.302. The third-order valence-electron chi connectivity index (χ3n) is 2.52. The predicted molar refractivity (Wildman–Crippen MR) is 53.9 cm³/mol. The number of halogens is 1. The SMILES string of the molecule is Fc1cccc(OCCCC2CC2)c1. The van der Waals surface area contributed by atoms with Crippen molar-refractivity contribution in [3.8, 4) is 5.75 Å². The number of hydrogen-bond acceptors (Lipinski definition) is 1. The first kappa shape index (κ1) is 9.50. The van der Waals surface area contributed by atoms with Gasteiger partial charge >= 0.3 is 0 Å². The molecule has 0 bridgehead atoms. The van der Waals surface area contributed by atoms with Gasteiger partial charge in [0.25, 0.3) is 0 Å². The van der Waals surface area contributed by atoms with Crippen LogP contribution in [-0.2, 0) is 0 Å². The van der Waals surface area contributed by atoms with E-state index in [2.05, 4.69) is 0 Å². The van der Waals surface area contributed by atoms with Gasteiger partial charge in [0.15, 0.2) is 0 Å². The van der Waals surface area contributed by atoms with Gasteiger partial charge < -0.3 is 4.74 Å². The van der Waals surface area contributed by atoms with E-state index in [9.17, 15) is 4.39 Å². The molecule has 1 aliphatic rings. The maximum atomic E-state index is 12.7. The summed E-state index contributed by atoms with van der Waals surface area (Å²) in [7, 11) is 0. The molecule has 1 aliphatic carbocycles. The number of benzene rings is 1. The van der Waals surface area contributed by atoms with Gasteiger partial charge in [0.1, 0.15) is 11.6 Å². The third kappa shape index (κ3) is 3.02. The van der Waals surface area contributed by atoms with Crippen molar-refractivity contribution >= 4 is 0 Å². The number of ether oxygens (including phenoxy) is 1. The van der Waals surface area contributed by atoms with Crippen LogP contribution >= 0.6 is 0 Å². The molecule has 0 radical (unpaired) electrons.